The molecule has 0 saturated heterocycles. The van der Waals surface area contributed by atoms with Crippen molar-refractivity contribution < 1.29 is 0 Å². The van der Waals surface area contributed by atoms with Crippen LogP contribution in [0.15, 0.2) is 36.4 Å². The highest BCUT2D eigenvalue weighted by atomic mass is 35.5. The third kappa shape index (κ3) is 2.07. The van der Waals surface area contributed by atoms with Gasteiger partial charge in [-0.3, -0.25) is 0 Å². The topological polar surface area (TPSA) is 52.5 Å². The van der Waals surface area contributed by atoms with Crippen molar-refractivity contribution in [1.82, 2.24) is 9.97 Å². The van der Waals surface area contributed by atoms with Crippen LogP contribution in [-0.4, -0.2) is 9.97 Å². The Labute approximate surface area is 115 Å². The number of hydrogen-bond donors (Lipinski definition) is 1. The number of aromatic amines is 1. The first-order valence-corrected chi connectivity index (χ1v) is 6.21. The zero-order chi connectivity index (χ0) is 13.4. The Kier molecular flexibility index (Phi) is 2.73. The predicted molar refractivity (Wildman–Crippen MR) is 76.0 cm³/mol. The standard InChI is InChI=1S/C15H10ClN3/c1-9-6-11(16)3-4-12(9)15-18-13-5-2-10(8-17)7-14(13)19-15/h2-7H,1H3,(H,18,19). The summed E-state index contributed by atoms with van der Waals surface area (Å²) >= 11 is 5.96. The monoisotopic (exact) mass is 267 g/mol. The highest BCUT2D eigenvalue weighted by Gasteiger charge is 2.08. The van der Waals surface area contributed by atoms with Gasteiger partial charge in [-0.1, -0.05) is 11.6 Å². The van der Waals surface area contributed by atoms with Crippen molar-refractivity contribution in [3.8, 4) is 17.5 Å². The van der Waals surface area contributed by atoms with E-state index in [1.807, 2.05) is 31.2 Å². The molecule has 0 aliphatic carbocycles. The number of rotatable bonds is 1. The number of halogens is 1. The van der Waals surface area contributed by atoms with Gasteiger partial charge in [0.1, 0.15) is 5.82 Å². The molecule has 2 aromatic carbocycles. The number of hydrogen-bond acceptors (Lipinski definition) is 2. The Morgan fingerprint density at radius 3 is 2.79 bits per heavy atom. The summed E-state index contributed by atoms with van der Waals surface area (Å²) < 4.78 is 0. The summed E-state index contributed by atoms with van der Waals surface area (Å²) in [5.41, 5.74) is 4.41. The number of nitrogens with one attached hydrogen (secondary N) is 1. The molecule has 0 spiro atoms. The first-order valence-electron chi connectivity index (χ1n) is 5.84. The summed E-state index contributed by atoms with van der Waals surface area (Å²) in [6.45, 7) is 2.00. The second kappa shape index (κ2) is 4.42. The molecule has 1 heterocycles. The number of H-pyrrole nitrogens is 1. The van der Waals surface area contributed by atoms with Crippen LogP contribution in [-0.2, 0) is 0 Å². The summed E-state index contributed by atoms with van der Waals surface area (Å²) in [5, 5.41) is 9.61. The van der Waals surface area contributed by atoms with Gasteiger partial charge in [0.15, 0.2) is 0 Å². The van der Waals surface area contributed by atoms with Crippen LogP contribution < -0.4 is 0 Å². The molecule has 0 bridgehead atoms. The summed E-state index contributed by atoms with van der Waals surface area (Å²) in [7, 11) is 0. The van der Waals surface area contributed by atoms with Crippen molar-refractivity contribution in [2.45, 2.75) is 6.92 Å². The van der Waals surface area contributed by atoms with E-state index in [9.17, 15) is 0 Å². The SMILES string of the molecule is Cc1cc(Cl)ccc1-c1nc2ccc(C#N)cc2[nH]1. The van der Waals surface area contributed by atoms with Crippen molar-refractivity contribution in [1.29, 1.82) is 5.26 Å². The van der Waals surface area contributed by atoms with Gasteiger partial charge in [-0.25, -0.2) is 4.98 Å². The van der Waals surface area contributed by atoms with E-state index in [4.69, 9.17) is 16.9 Å². The normalized spacial score (nSPS) is 10.6. The van der Waals surface area contributed by atoms with Crippen LogP contribution in [0.4, 0.5) is 0 Å². The third-order valence-electron chi connectivity index (χ3n) is 3.05. The van der Waals surface area contributed by atoms with Gasteiger partial charge in [0, 0.05) is 10.6 Å². The molecule has 3 rings (SSSR count). The molecule has 0 unspecified atom stereocenters. The Balaban J connectivity index is 2.18. The number of nitriles is 1. The van der Waals surface area contributed by atoms with E-state index >= 15 is 0 Å². The molecule has 0 amide bonds. The molecule has 0 fully saturated rings. The van der Waals surface area contributed by atoms with E-state index < -0.39 is 0 Å². The molecule has 4 heteroatoms. The number of fused-ring (bicyclic) bond motifs is 1. The summed E-state index contributed by atoms with van der Waals surface area (Å²) in [4.78, 5) is 7.78. The molecule has 19 heavy (non-hydrogen) atoms. The molecule has 1 aromatic heterocycles. The maximum Gasteiger partial charge on any atom is 0.138 e. The maximum absolute atomic E-state index is 8.90. The minimum absolute atomic E-state index is 0.621. The van der Waals surface area contributed by atoms with Gasteiger partial charge in [0.2, 0.25) is 0 Å². The Hall–Kier alpha value is -2.31. The number of nitrogens with zero attached hydrogens (tertiary/aromatic N) is 2. The lowest BCUT2D eigenvalue weighted by molar-refractivity contribution is 1.31. The van der Waals surface area contributed by atoms with Crippen LogP contribution in [0.1, 0.15) is 11.1 Å². The number of aryl methyl sites for hydroxylation is 1. The highest BCUT2D eigenvalue weighted by Crippen LogP contribution is 2.26. The van der Waals surface area contributed by atoms with Crippen LogP contribution in [0, 0.1) is 18.3 Å². The summed E-state index contributed by atoms with van der Waals surface area (Å²) in [5.74, 6) is 0.791. The molecule has 0 saturated carbocycles. The van der Waals surface area contributed by atoms with Gasteiger partial charge in [-0.15, -0.1) is 0 Å². The lowest BCUT2D eigenvalue weighted by Crippen LogP contribution is -1.84. The molecule has 3 aromatic rings. The predicted octanol–water partition coefficient (Wildman–Crippen LogP) is 4.06. The first-order chi connectivity index (χ1) is 9.17. The zero-order valence-electron chi connectivity index (χ0n) is 10.2. The minimum atomic E-state index is 0.621. The first kappa shape index (κ1) is 11.8. The quantitative estimate of drug-likeness (QED) is 0.723. The number of benzene rings is 2. The molecule has 92 valence electrons. The van der Waals surface area contributed by atoms with Crippen LogP contribution >= 0.6 is 11.6 Å². The second-order valence-corrected chi connectivity index (χ2v) is 4.82. The van der Waals surface area contributed by atoms with E-state index in [1.165, 1.54) is 0 Å². The summed E-state index contributed by atoms with van der Waals surface area (Å²) in [6.07, 6.45) is 0. The Morgan fingerprint density at radius 1 is 1.21 bits per heavy atom. The van der Waals surface area contributed by atoms with E-state index in [1.54, 1.807) is 12.1 Å². The van der Waals surface area contributed by atoms with Gasteiger partial charge in [-0.05, 0) is 48.9 Å². The number of imidazole rings is 1. The van der Waals surface area contributed by atoms with Crippen LogP contribution in [0.5, 0.6) is 0 Å². The molecule has 1 N–H and O–H groups in total. The van der Waals surface area contributed by atoms with Crippen molar-refractivity contribution in [2.24, 2.45) is 0 Å². The van der Waals surface area contributed by atoms with Gasteiger partial charge >= 0.3 is 0 Å². The fraction of sp³-hybridized carbons (Fsp3) is 0.0667. The average Bonchev–Trinajstić information content (AvgIpc) is 2.80. The lowest BCUT2D eigenvalue weighted by Gasteiger charge is -2.02. The molecule has 0 atom stereocenters. The minimum Gasteiger partial charge on any atom is -0.338 e. The van der Waals surface area contributed by atoms with Gasteiger partial charge in [-0.2, -0.15) is 5.26 Å². The average molecular weight is 268 g/mol. The third-order valence-corrected chi connectivity index (χ3v) is 3.29. The van der Waals surface area contributed by atoms with E-state index in [0.717, 1.165) is 28.0 Å². The van der Waals surface area contributed by atoms with Crippen LogP contribution in [0.3, 0.4) is 0 Å². The molecule has 0 aliphatic rings. The lowest BCUT2D eigenvalue weighted by atomic mass is 10.1. The van der Waals surface area contributed by atoms with Crippen molar-refractivity contribution in [3.63, 3.8) is 0 Å². The van der Waals surface area contributed by atoms with Crippen molar-refractivity contribution >= 4 is 22.6 Å². The van der Waals surface area contributed by atoms with Crippen molar-refractivity contribution in [2.75, 3.05) is 0 Å². The molecule has 0 radical (unpaired) electrons. The Bertz CT molecular complexity index is 812. The zero-order valence-corrected chi connectivity index (χ0v) is 11.0. The highest BCUT2D eigenvalue weighted by molar-refractivity contribution is 6.30. The van der Waals surface area contributed by atoms with E-state index in [-0.39, 0.29) is 0 Å². The van der Waals surface area contributed by atoms with Crippen LogP contribution in [0.2, 0.25) is 5.02 Å². The number of aromatic nitrogens is 2. The Morgan fingerprint density at radius 2 is 2.05 bits per heavy atom. The van der Waals surface area contributed by atoms with E-state index in [2.05, 4.69) is 16.0 Å². The van der Waals surface area contributed by atoms with E-state index in [0.29, 0.717) is 10.6 Å². The van der Waals surface area contributed by atoms with Gasteiger partial charge < -0.3 is 4.98 Å². The van der Waals surface area contributed by atoms with Gasteiger partial charge in [0.05, 0.1) is 22.7 Å². The molecule has 3 nitrogen and oxygen atoms in total. The largest absolute Gasteiger partial charge is 0.338 e. The second-order valence-electron chi connectivity index (χ2n) is 4.39. The van der Waals surface area contributed by atoms with Gasteiger partial charge in [0.25, 0.3) is 0 Å². The molecular weight excluding hydrogens is 258 g/mol. The van der Waals surface area contributed by atoms with Crippen molar-refractivity contribution in [3.05, 3.63) is 52.5 Å². The molecular formula is C15H10ClN3. The van der Waals surface area contributed by atoms with Crippen LogP contribution in [0.25, 0.3) is 22.4 Å². The fourth-order valence-corrected chi connectivity index (χ4v) is 2.33. The molecule has 0 aliphatic heterocycles. The maximum atomic E-state index is 8.90. The fourth-order valence-electron chi connectivity index (χ4n) is 2.10. The summed E-state index contributed by atoms with van der Waals surface area (Å²) in [6, 6.07) is 13.2. The smallest absolute Gasteiger partial charge is 0.138 e.